The lowest BCUT2D eigenvalue weighted by atomic mass is 9.80. The number of Topliss-reactive ketones (excluding diaryl/α,β-unsaturated/α-hetero) is 1. The molecule has 2 heterocycles. The van der Waals surface area contributed by atoms with Crippen LogP contribution < -0.4 is 15.1 Å². The van der Waals surface area contributed by atoms with Gasteiger partial charge in [-0.3, -0.25) is 14.5 Å². The molecule has 0 saturated carbocycles. The van der Waals surface area contributed by atoms with Gasteiger partial charge in [-0.1, -0.05) is 42.5 Å². The number of rotatable bonds is 6. The van der Waals surface area contributed by atoms with Crippen molar-refractivity contribution in [1.29, 1.82) is 0 Å². The standard InChI is InChI=1S/C34H33N3O3/c1-3-36(4-2)26-18-16-23(17-19-26)33-32-28(21-25(22-30(32)38)31-15-10-20-40-31)35-27-13-8-9-14-29(27)37(33)34(39)24-11-6-5-7-12-24/h5-20,25,33,35H,3-4,21-22H2,1-2H3. The van der Waals surface area contributed by atoms with E-state index in [4.69, 9.17) is 4.42 Å². The Morgan fingerprint density at radius 3 is 2.33 bits per heavy atom. The van der Waals surface area contributed by atoms with Crippen LogP contribution >= 0.6 is 0 Å². The van der Waals surface area contributed by atoms with Gasteiger partial charge in [0.1, 0.15) is 5.76 Å². The fourth-order valence-electron chi connectivity index (χ4n) is 6.03. The zero-order valence-electron chi connectivity index (χ0n) is 22.8. The predicted octanol–water partition coefficient (Wildman–Crippen LogP) is 7.34. The van der Waals surface area contributed by atoms with Crippen molar-refractivity contribution in [3.8, 4) is 0 Å². The molecule has 0 fully saturated rings. The lowest BCUT2D eigenvalue weighted by Gasteiger charge is -2.35. The van der Waals surface area contributed by atoms with Crippen molar-refractivity contribution >= 4 is 28.8 Å². The molecule has 40 heavy (non-hydrogen) atoms. The Bertz CT molecular complexity index is 1540. The van der Waals surface area contributed by atoms with Crippen molar-refractivity contribution in [3.63, 3.8) is 0 Å². The van der Waals surface area contributed by atoms with Gasteiger partial charge in [0.05, 0.1) is 23.7 Å². The summed E-state index contributed by atoms with van der Waals surface area (Å²) in [7, 11) is 0. The molecule has 0 bridgehead atoms. The second-order valence-corrected chi connectivity index (χ2v) is 10.3. The Labute approximate surface area is 234 Å². The van der Waals surface area contributed by atoms with Gasteiger partial charge in [-0.2, -0.15) is 0 Å². The molecule has 2 unspecified atom stereocenters. The third-order valence-electron chi connectivity index (χ3n) is 8.01. The van der Waals surface area contributed by atoms with E-state index in [2.05, 4.69) is 48.3 Å². The minimum Gasteiger partial charge on any atom is -0.469 e. The molecule has 202 valence electrons. The van der Waals surface area contributed by atoms with Crippen LogP contribution in [0.5, 0.6) is 0 Å². The zero-order chi connectivity index (χ0) is 27.6. The number of amides is 1. The summed E-state index contributed by atoms with van der Waals surface area (Å²) in [6.07, 6.45) is 2.59. The molecular formula is C34H33N3O3. The third-order valence-corrected chi connectivity index (χ3v) is 8.01. The van der Waals surface area contributed by atoms with Gasteiger partial charge in [0.25, 0.3) is 5.91 Å². The number of carbonyl (C=O) groups is 2. The first-order chi connectivity index (χ1) is 19.6. The summed E-state index contributed by atoms with van der Waals surface area (Å²) < 4.78 is 5.72. The molecule has 0 radical (unpaired) electrons. The van der Waals surface area contributed by atoms with E-state index in [1.165, 1.54) is 0 Å². The largest absolute Gasteiger partial charge is 0.469 e. The number of fused-ring (bicyclic) bond motifs is 1. The second-order valence-electron chi connectivity index (χ2n) is 10.3. The molecule has 4 aromatic rings. The SMILES string of the molecule is CCN(CC)c1ccc(C2C3=C(CC(c4ccco4)CC3=O)Nc3ccccc3N2C(=O)c2ccccc2)cc1. The maximum absolute atomic E-state index is 14.3. The zero-order valence-corrected chi connectivity index (χ0v) is 22.8. The number of carbonyl (C=O) groups excluding carboxylic acids is 2. The number of nitrogens with one attached hydrogen (secondary N) is 1. The number of furan rings is 1. The van der Waals surface area contributed by atoms with Crippen LogP contribution in [0.4, 0.5) is 17.1 Å². The van der Waals surface area contributed by atoms with E-state index >= 15 is 0 Å². The lowest BCUT2D eigenvalue weighted by molar-refractivity contribution is -0.116. The smallest absolute Gasteiger partial charge is 0.259 e. The van der Waals surface area contributed by atoms with E-state index in [-0.39, 0.29) is 17.6 Å². The molecule has 1 aromatic heterocycles. The van der Waals surface area contributed by atoms with Crippen LogP contribution in [0.15, 0.2) is 113 Å². The fraction of sp³-hybridized carbons (Fsp3) is 0.235. The van der Waals surface area contributed by atoms with E-state index in [0.717, 1.165) is 47.2 Å². The summed E-state index contributed by atoms with van der Waals surface area (Å²) in [6.45, 7) is 6.08. The molecule has 1 aliphatic heterocycles. The van der Waals surface area contributed by atoms with Crippen LogP contribution in [-0.2, 0) is 4.79 Å². The average molecular weight is 532 g/mol. The van der Waals surface area contributed by atoms with Gasteiger partial charge in [-0.05, 0) is 74.4 Å². The number of benzene rings is 3. The minimum atomic E-state index is -0.588. The number of para-hydroxylation sites is 2. The second kappa shape index (κ2) is 10.9. The molecule has 1 N–H and O–H groups in total. The van der Waals surface area contributed by atoms with E-state index in [0.29, 0.717) is 24.0 Å². The first-order valence-corrected chi connectivity index (χ1v) is 14.0. The van der Waals surface area contributed by atoms with Crippen LogP contribution in [0.3, 0.4) is 0 Å². The van der Waals surface area contributed by atoms with Gasteiger partial charge < -0.3 is 14.6 Å². The van der Waals surface area contributed by atoms with Crippen molar-refractivity contribution in [3.05, 3.63) is 125 Å². The molecule has 0 saturated heterocycles. The van der Waals surface area contributed by atoms with Crippen LogP contribution in [0, 0.1) is 0 Å². The summed E-state index contributed by atoms with van der Waals surface area (Å²) in [5.41, 5.74) is 5.60. The third kappa shape index (κ3) is 4.60. The summed E-state index contributed by atoms with van der Waals surface area (Å²) in [5.74, 6) is 0.605. The molecule has 6 heteroatoms. The lowest BCUT2D eigenvalue weighted by Crippen LogP contribution is -2.38. The van der Waals surface area contributed by atoms with Gasteiger partial charge in [-0.25, -0.2) is 0 Å². The van der Waals surface area contributed by atoms with Crippen LogP contribution in [0.25, 0.3) is 0 Å². The van der Waals surface area contributed by atoms with E-state index < -0.39 is 6.04 Å². The molecular weight excluding hydrogens is 498 g/mol. The quantitative estimate of drug-likeness (QED) is 0.282. The van der Waals surface area contributed by atoms with Crippen molar-refractivity contribution in [1.82, 2.24) is 0 Å². The predicted molar refractivity (Wildman–Crippen MR) is 159 cm³/mol. The monoisotopic (exact) mass is 531 g/mol. The summed E-state index contributed by atoms with van der Waals surface area (Å²) in [6, 6.07) is 28.6. The maximum Gasteiger partial charge on any atom is 0.259 e. The highest BCUT2D eigenvalue weighted by Crippen LogP contribution is 2.48. The Kier molecular flexibility index (Phi) is 6.99. The van der Waals surface area contributed by atoms with Gasteiger partial charge in [-0.15, -0.1) is 0 Å². The number of nitrogens with zero attached hydrogens (tertiary/aromatic N) is 2. The number of hydrogen-bond acceptors (Lipinski definition) is 5. The first-order valence-electron chi connectivity index (χ1n) is 14.0. The molecule has 0 spiro atoms. The van der Waals surface area contributed by atoms with Crippen molar-refractivity contribution in [2.75, 3.05) is 28.2 Å². The van der Waals surface area contributed by atoms with E-state index in [1.54, 1.807) is 11.2 Å². The number of hydrogen-bond donors (Lipinski definition) is 1. The summed E-state index contributed by atoms with van der Waals surface area (Å²) >= 11 is 0. The number of anilines is 3. The Hall–Kier alpha value is -4.58. The first kappa shape index (κ1) is 25.7. The van der Waals surface area contributed by atoms with Crippen molar-refractivity contribution in [2.24, 2.45) is 0 Å². The summed E-state index contributed by atoms with van der Waals surface area (Å²) in [4.78, 5) is 32.5. The Morgan fingerprint density at radius 2 is 1.62 bits per heavy atom. The fourth-order valence-corrected chi connectivity index (χ4v) is 6.03. The van der Waals surface area contributed by atoms with Crippen molar-refractivity contribution in [2.45, 2.75) is 38.6 Å². The van der Waals surface area contributed by atoms with Gasteiger partial charge in [0.2, 0.25) is 0 Å². The topological polar surface area (TPSA) is 65.8 Å². The van der Waals surface area contributed by atoms with Gasteiger partial charge in [0, 0.05) is 47.9 Å². The van der Waals surface area contributed by atoms with E-state index in [1.807, 2.05) is 66.7 Å². The molecule has 2 aliphatic rings. The number of allylic oxidation sites excluding steroid dienone is 1. The normalized spacial score (nSPS) is 18.4. The summed E-state index contributed by atoms with van der Waals surface area (Å²) in [5, 5.41) is 3.58. The Morgan fingerprint density at radius 1 is 0.900 bits per heavy atom. The molecule has 6 nitrogen and oxygen atoms in total. The van der Waals surface area contributed by atoms with Crippen LogP contribution in [-0.4, -0.2) is 24.8 Å². The van der Waals surface area contributed by atoms with Gasteiger partial charge >= 0.3 is 0 Å². The molecule has 3 aromatic carbocycles. The van der Waals surface area contributed by atoms with Gasteiger partial charge in [0.15, 0.2) is 5.78 Å². The number of ketones is 1. The highest BCUT2D eigenvalue weighted by Gasteiger charge is 2.42. The van der Waals surface area contributed by atoms with Crippen LogP contribution in [0.1, 0.15) is 60.3 Å². The molecule has 1 aliphatic carbocycles. The highest BCUT2D eigenvalue weighted by molar-refractivity contribution is 6.12. The highest BCUT2D eigenvalue weighted by atomic mass is 16.3. The molecule has 6 rings (SSSR count). The Balaban J connectivity index is 1.55. The molecule has 1 amide bonds. The van der Waals surface area contributed by atoms with E-state index in [9.17, 15) is 9.59 Å². The van der Waals surface area contributed by atoms with Crippen molar-refractivity contribution < 1.29 is 14.0 Å². The minimum absolute atomic E-state index is 0.0200. The molecule has 2 atom stereocenters. The average Bonchev–Trinajstić information content (AvgIpc) is 3.49. The maximum atomic E-state index is 14.3. The van der Waals surface area contributed by atoms with Crippen LogP contribution in [0.2, 0.25) is 0 Å².